The largest absolute Gasteiger partial charge is 0.268 e. The minimum absolute atomic E-state index is 0.144. The average molecular weight is 349 g/mol. The van der Waals surface area contributed by atoms with Crippen molar-refractivity contribution in [1.29, 1.82) is 0 Å². The van der Waals surface area contributed by atoms with Crippen molar-refractivity contribution in [1.82, 2.24) is 0 Å². The Hall–Kier alpha value is -1.85. The third-order valence-corrected chi connectivity index (χ3v) is 4.78. The number of rotatable bonds is 2. The summed E-state index contributed by atoms with van der Waals surface area (Å²) >= 11 is 7.44. The molecule has 0 saturated carbocycles. The number of hydrogen-bond acceptors (Lipinski definition) is 3. The monoisotopic (exact) mass is 348 g/mol. The van der Waals surface area contributed by atoms with E-state index >= 15 is 0 Å². The second kappa shape index (κ2) is 6.72. The van der Waals surface area contributed by atoms with Crippen molar-refractivity contribution in [2.75, 3.05) is 10.7 Å². The highest BCUT2D eigenvalue weighted by Gasteiger charge is 2.27. The number of halogens is 2. The molecule has 0 N–H and O–H groups in total. The van der Waals surface area contributed by atoms with Crippen molar-refractivity contribution in [2.45, 2.75) is 13.0 Å². The van der Waals surface area contributed by atoms with Gasteiger partial charge in [0.05, 0.1) is 11.7 Å². The molecule has 0 saturated heterocycles. The van der Waals surface area contributed by atoms with Crippen LogP contribution in [0.25, 0.3) is 0 Å². The lowest BCUT2D eigenvalue weighted by molar-refractivity contribution is 0.100. The van der Waals surface area contributed by atoms with E-state index in [9.17, 15) is 9.18 Å². The topological polar surface area (TPSA) is 32.7 Å². The number of amides is 1. The Morgan fingerprint density at radius 1 is 1.30 bits per heavy atom. The predicted molar refractivity (Wildman–Crippen MR) is 94.0 cm³/mol. The van der Waals surface area contributed by atoms with Crippen molar-refractivity contribution < 1.29 is 9.18 Å². The molecule has 0 unspecified atom stereocenters. The normalized spacial score (nSPS) is 17.0. The lowest BCUT2D eigenvalue weighted by Gasteiger charge is -2.22. The van der Waals surface area contributed by atoms with Crippen LogP contribution >= 0.6 is 23.4 Å². The molecule has 0 bridgehead atoms. The van der Waals surface area contributed by atoms with Crippen molar-refractivity contribution >= 4 is 40.1 Å². The van der Waals surface area contributed by atoms with E-state index in [1.807, 2.05) is 6.92 Å². The van der Waals surface area contributed by atoms with Crippen molar-refractivity contribution in [3.05, 3.63) is 64.9 Å². The molecule has 1 aliphatic heterocycles. The van der Waals surface area contributed by atoms with Gasteiger partial charge in [0.2, 0.25) is 0 Å². The minimum Gasteiger partial charge on any atom is -0.268 e. The average Bonchev–Trinajstić information content (AvgIpc) is 2.95. The number of carbonyl (C=O) groups is 1. The van der Waals surface area contributed by atoms with Crippen LogP contribution in [0.15, 0.2) is 53.5 Å². The summed E-state index contributed by atoms with van der Waals surface area (Å²) in [5, 5.41) is 1.20. The second-order valence-electron chi connectivity index (χ2n) is 5.20. The number of carbonyl (C=O) groups excluding carboxylic acids is 1. The molecule has 6 heteroatoms. The Morgan fingerprint density at radius 2 is 2.04 bits per heavy atom. The number of thioether (sulfide) groups is 1. The summed E-state index contributed by atoms with van der Waals surface area (Å²) in [5.41, 5.74) is 0.937. The molecule has 1 heterocycles. The highest BCUT2D eigenvalue weighted by Crippen LogP contribution is 2.28. The minimum atomic E-state index is -0.443. The Kier molecular flexibility index (Phi) is 4.68. The molecule has 0 radical (unpaired) electrons. The number of benzene rings is 2. The van der Waals surface area contributed by atoms with E-state index in [1.165, 1.54) is 34.9 Å². The van der Waals surface area contributed by atoms with Gasteiger partial charge in [-0.05, 0) is 49.4 Å². The predicted octanol–water partition coefficient (Wildman–Crippen LogP) is 4.62. The summed E-state index contributed by atoms with van der Waals surface area (Å²) in [6.45, 7) is 1.99. The van der Waals surface area contributed by atoms with E-state index in [1.54, 1.807) is 30.3 Å². The number of amidine groups is 1. The fraction of sp³-hybridized carbons (Fsp3) is 0.176. The van der Waals surface area contributed by atoms with Gasteiger partial charge >= 0.3 is 0 Å². The molecule has 1 atom stereocenters. The third-order valence-electron chi connectivity index (χ3n) is 3.34. The van der Waals surface area contributed by atoms with Gasteiger partial charge in [0.25, 0.3) is 5.91 Å². The van der Waals surface area contributed by atoms with Crippen molar-refractivity contribution in [2.24, 2.45) is 4.99 Å². The van der Waals surface area contributed by atoms with Crippen LogP contribution in [0.1, 0.15) is 17.3 Å². The van der Waals surface area contributed by atoms with Gasteiger partial charge < -0.3 is 0 Å². The lowest BCUT2D eigenvalue weighted by Crippen LogP contribution is -2.34. The first-order valence-corrected chi connectivity index (χ1v) is 8.47. The molecular formula is C17H14ClFN2OS. The van der Waals surface area contributed by atoms with Crippen LogP contribution in [0.3, 0.4) is 0 Å². The standard InChI is InChI=1S/C17H14ClFN2OS/c1-11-10-23-17(20-11)21(15-7-5-13(18)6-8-15)16(22)12-3-2-4-14(19)9-12/h2-9,11H,10H2,1H3/t11-/m1/s1. The molecular weight excluding hydrogens is 335 g/mol. The summed E-state index contributed by atoms with van der Waals surface area (Å²) in [5.74, 6) is 0.0593. The first-order valence-electron chi connectivity index (χ1n) is 7.11. The van der Waals surface area contributed by atoms with E-state index in [0.717, 1.165) is 5.75 Å². The fourth-order valence-electron chi connectivity index (χ4n) is 2.24. The molecule has 3 rings (SSSR count). The fourth-order valence-corrected chi connectivity index (χ4v) is 3.40. The van der Waals surface area contributed by atoms with Gasteiger partial charge in [-0.3, -0.25) is 14.7 Å². The molecule has 0 aliphatic carbocycles. The molecule has 23 heavy (non-hydrogen) atoms. The number of anilines is 1. The maximum Gasteiger partial charge on any atom is 0.264 e. The molecule has 1 amide bonds. The molecule has 118 valence electrons. The van der Waals surface area contributed by atoms with Crippen LogP contribution in [-0.2, 0) is 0 Å². The first kappa shape index (κ1) is 16.0. The zero-order valence-electron chi connectivity index (χ0n) is 12.4. The second-order valence-corrected chi connectivity index (χ2v) is 6.62. The Morgan fingerprint density at radius 3 is 2.65 bits per heavy atom. The maximum absolute atomic E-state index is 13.5. The van der Waals surface area contributed by atoms with Gasteiger partial charge in [-0.25, -0.2) is 4.39 Å². The zero-order valence-corrected chi connectivity index (χ0v) is 13.9. The van der Waals surface area contributed by atoms with E-state index in [0.29, 0.717) is 15.9 Å². The first-order chi connectivity index (χ1) is 11.0. The molecule has 2 aromatic rings. The highest BCUT2D eigenvalue weighted by atomic mass is 35.5. The van der Waals surface area contributed by atoms with Gasteiger partial charge in [0.1, 0.15) is 5.82 Å². The number of aliphatic imine (C=N–C) groups is 1. The van der Waals surface area contributed by atoms with Crippen LogP contribution < -0.4 is 4.90 Å². The molecule has 0 aromatic heterocycles. The van der Waals surface area contributed by atoms with E-state index < -0.39 is 5.82 Å². The zero-order chi connectivity index (χ0) is 16.4. The summed E-state index contributed by atoms with van der Waals surface area (Å²) in [6.07, 6.45) is 0. The SMILES string of the molecule is C[C@@H]1CSC(N(C(=O)c2cccc(F)c2)c2ccc(Cl)cc2)=N1. The van der Waals surface area contributed by atoms with Gasteiger partial charge in [0.15, 0.2) is 5.17 Å². The van der Waals surface area contributed by atoms with Crippen molar-refractivity contribution in [3.63, 3.8) is 0 Å². The molecule has 0 fully saturated rings. The van der Waals surface area contributed by atoms with Crippen LogP contribution in [0.5, 0.6) is 0 Å². The van der Waals surface area contributed by atoms with Crippen LogP contribution in [0, 0.1) is 5.82 Å². The highest BCUT2D eigenvalue weighted by molar-refractivity contribution is 8.14. The number of hydrogen-bond donors (Lipinski definition) is 0. The third kappa shape index (κ3) is 3.57. The van der Waals surface area contributed by atoms with Crippen LogP contribution in [0.2, 0.25) is 5.02 Å². The van der Waals surface area contributed by atoms with E-state index in [4.69, 9.17) is 11.6 Å². The summed E-state index contributed by atoms with van der Waals surface area (Å²) in [4.78, 5) is 18.9. The van der Waals surface area contributed by atoms with Crippen LogP contribution in [-0.4, -0.2) is 22.9 Å². The quantitative estimate of drug-likeness (QED) is 0.793. The Labute approximate surface area is 143 Å². The summed E-state index contributed by atoms with van der Waals surface area (Å²) in [7, 11) is 0. The summed E-state index contributed by atoms with van der Waals surface area (Å²) < 4.78 is 13.5. The molecule has 0 spiro atoms. The van der Waals surface area contributed by atoms with Crippen molar-refractivity contribution in [3.8, 4) is 0 Å². The van der Waals surface area contributed by atoms with Gasteiger partial charge in [-0.2, -0.15) is 0 Å². The van der Waals surface area contributed by atoms with E-state index in [-0.39, 0.29) is 17.5 Å². The van der Waals surface area contributed by atoms with Gasteiger partial charge in [0, 0.05) is 16.3 Å². The lowest BCUT2D eigenvalue weighted by atomic mass is 10.2. The summed E-state index contributed by atoms with van der Waals surface area (Å²) in [6, 6.07) is 12.7. The molecule has 3 nitrogen and oxygen atoms in total. The smallest absolute Gasteiger partial charge is 0.264 e. The van der Waals surface area contributed by atoms with Gasteiger partial charge in [-0.15, -0.1) is 0 Å². The number of nitrogens with zero attached hydrogens (tertiary/aromatic N) is 2. The molecule has 2 aromatic carbocycles. The maximum atomic E-state index is 13.5. The Balaban J connectivity index is 2.03. The van der Waals surface area contributed by atoms with Gasteiger partial charge in [-0.1, -0.05) is 29.4 Å². The Bertz CT molecular complexity index is 763. The van der Waals surface area contributed by atoms with E-state index in [2.05, 4.69) is 4.99 Å². The van der Waals surface area contributed by atoms with Crippen LogP contribution in [0.4, 0.5) is 10.1 Å². The molecule has 1 aliphatic rings.